The van der Waals surface area contributed by atoms with E-state index in [0.29, 0.717) is 28.5 Å². The Morgan fingerprint density at radius 2 is 1.95 bits per heavy atom. The first-order valence-corrected chi connectivity index (χ1v) is 6.09. The third-order valence-corrected chi connectivity index (χ3v) is 2.98. The second kappa shape index (κ2) is 4.77. The lowest BCUT2D eigenvalue weighted by Crippen LogP contribution is -1.87. The molecule has 20 heavy (non-hydrogen) atoms. The van der Waals surface area contributed by atoms with Gasteiger partial charge in [-0.1, -0.05) is 17.3 Å². The van der Waals surface area contributed by atoms with Gasteiger partial charge in [-0.25, -0.2) is 4.39 Å². The first-order valence-electron chi connectivity index (χ1n) is 6.09. The molecule has 0 amide bonds. The summed E-state index contributed by atoms with van der Waals surface area (Å²) in [6, 6.07) is 11.9. The monoisotopic (exact) mass is 269 g/mol. The van der Waals surface area contributed by atoms with Crippen molar-refractivity contribution in [1.82, 2.24) is 10.1 Å². The van der Waals surface area contributed by atoms with Crippen LogP contribution in [0, 0.1) is 12.7 Å². The van der Waals surface area contributed by atoms with Gasteiger partial charge in [-0.05, 0) is 42.8 Å². The van der Waals surface area contributed by atoms with Crippen molar-refractivity contribution in [2.45, 2.75) is 6.92 Å². The van der Waals surface area contributed by atoms with Crippen LogP contribution in [0.1, 0.15) is 5.56 Å². The zero-order valence-electron chi connectivity index (χ0n) is 10.8. The van der Waals surface area contributed by atoms with Crippen LogP contribution in [0.4, 0.5) is 10.1 Å². The van der Waals surface area contributed by atoms with Crippen LogP contribution in [0.15, 0.2) is 47.0 Å². The molecule has 3 rings (SSSR count). The predicted octanol–water partition coefficient (Wildman–Crippen LogP) is 3.43. The highest BCUT2D eigenvalue weighted by atomic mass is 19.1. The molecule has 0 bridgehead atoms. The molecule has 100 valence electrons. The van der Waals surface area contributed by atoms with E-state index in [4.69, 9.17) is 10.3 Å². The summed E-state index contributed by atoms with van der Waals surface area (Å²) in [6.07, 6.45) is 0. The molecule has 0 aliphatic heterocycles. The lowest BCUT2D eigenvalue weighted by Gasteiger charge is -1.98. The average Bonchev–Trinajstić information content (AvgIpc) is 2.92. The van der Waals surface area contributed by atoms with E-state index in [1.54, 1.807) is 31.2 Å². The third kappa shape index (κ3) is 2.25. The van der Waals surface area contributed by atoms with Crippen molar-refractivity contribution in [2.75, 3.05) is 5.73 Å². The van der Waals surface area contributed by atoms with Gasteiger partial charge in [0.05, 0.1) is 0 Å². The molecule has 2 aromatic carbocycles. The number of anilines is 1. The molecule has 0 saturated carbocycles. The van der Waals surface area contributed by atoms with E-state index in [-0.39, 0.29) is 5.82 Å². The molecular weight excluding hydrogens is 257 g/mol. The molecule has 0 unspecified atom stereocenters. The van der Waals surface area contributed by atoms with Crippen molar-refractivity contribution >= 4 is 5.69 Å². The second-order valence-corrected chi connectivity index (χ2v) is 4.51. The van der Waals surface area contributed by atoms with Gasteiger partial charge < -0.3 is 10.3 Å². The van der Waals surface area contributed by atoms with Crippen LogP contribution in [-0.4, -0.2) is 10.1 Å². The van der Waals surface area contributed by atoms with Crippen molar-refractivity contribution in [1.29, 1.82) is 0 Å². The van der Waals surface area contributed by atoms with Crippen molar-refractivity contribution < 1.29 is 8.91 Å². The minimum atomic E-state index is -0.260. The van der Waals surface area contributed by atoms with Gasteiger partial charge in [0, 0.05) is 16.8 Å². The number of hydrogen-bond acceptors (Lipinski definition) is 4. The first kappa shape index (κ1) is 12.3. The fourth-order valence-electron chi connectivity index (χ4n) is 1.91. The summed E-state index contributed by atoms with van der Waals surface area (Å²) in [6.45, 7) is 1.69. The van der Waals surface area contributed by atoms with Crippen LogP contribution in [0.3, 0.4) is 0 Å². The summed E-state index contributed by atoms with van der Waals surface area (Å²) in [4.78, 5) is 4.31. The molecule has 4 nitrogen and oxygen atoms in total. The number of hydrogen-bond donors (Lipinski definition) is 1. The highest BCUT2D eigenvalue weighted by Gasteiger charge is 2.11. The normalized spacial score (nSPS) is 10.7. The molecule has 0 aliphatic rings. The Kier molecular flexibility index (Phi) is 2.95. The smallest absolute Gasteiger partial charge is 0.258 e. The summed E-state index contributed by atoms with van der Waals surface area (Å²) < 4.78 is 18.5. The largest absolute Gasteiger partial charge is 0.399 e. The lowest BCUT2D eigenvalue weighted by atomic mass is 10.1. The van der Waals surface area contributed by atoms with E-state index >= 15 is 0 Å². The van der Waals surface area contributed by atoms with Gasteiger partial charge >= 0.3 is 0 Å². The first-order chi connectivity index (χ1) is 9.63. The molecule has 0 radical (unpaired) electrons. The van der Waals surface area contributed by atoms with Gasteiger partial charge in [0.2, 0.25) is 5.82 Å². The average molecular weight is 269 g/mol. The SMILES string of the molecule is Cc1cc(-c2nc(-c3cccc(N)c3)no2)ccc1F. The van der Waals surface area contributed by atoms with Gasteiger partial charge in [-0.3, -0.25) is 0 Å². The molecule has 2 N–H and O–H groups in total. The molecule has 1 heterocycles. The lowest BCUT2D eigenvalue weighted by molar-refractivity contribution is 0.432. The number of aromatic nitrogens is 2. The summed E-state index contributed by atoms with van der Waals surface area (Å²) in [5.41, 5.74) is 8.35. The number of benzene rings is 2. The van der Waals surface area contributed by atoms with Crippen LogP contribution >= 0.6 is 0 Å². The molecule has 0 spiro atoms. The fourth-order valence-corrected chi connectivity index (χ4v) is 1.91. The van der Waals surface area contributed by atoms with Crippen molar-refractivity contribution in [3.8, 4) is 22.8 Å². The number of nitrogen functional groups attached to an aromatic ring is 1. The molecule has 0 saturated heterocycles. The van der Waals surface area contributed by atoms with Crippen molar-refractivity contribution in [3.05, 3.63) is 53.8 Å². The number of nitrogens with two attached hydrogens (primary N) is 1. The minimum Gasteiger partial charge on any atom is -0.399 e. The number of aryl methyl sites for hydroxylation is 1. The zero-order valence-corrected chi connectivity index (χ0v) is 10.8. The van der Waals surface area contributed by atoms with Crippen LogP contribution in [0.25, 0.3) is 22.8 Å². The number of nitrogens with zero attached hydrogens (tertiary/aromatic N) is 2. The van der Waals surface area contributed by atoms with E-state index < -0.39 is 0 Å². The molecule has 0 atom stereocenters. The Hall–Kier alpha value is -2.69. The van der Waals surface area contributed by atoms with E-state index in [1.165, 1.54) is 6.07 Å². The standard InChI is InChI=1S/C15H12FN3O/c1-9-7-11(5-6-13(9)16)15-18-14(19-20-15)10-3-2-4-12(17)8-10/h2-8H,17H2,1H3. The Bertz CT molecular complexity index is 767. The molecule has 0 fully saturated rings. The molecule has 1 aromatic heterocycles. The third-order valence-electron chi connectivity index (χ3n) is 2.98. The second-order valence-electron chi connectivity index (χ2n) is 4.51. The predicted molar refractivity (Wildman–Crippen MR) is 74.3 cm³/mol. The van der Waals surface area contributed by atoms with Crippen LogP contribution in [-0.2, 0) is 0 Å². The Balaban J connectivity index is 1.99. The van der Waals surface area contributed by atoms with Crippen molar-refractivity contribution in [2.24, 2.45) is 0 Å². The van der Waals surface area contributed by atoms with Crippen LogP contribution < -0.4 is 5.73 Å². The van der Waals surface area contributed by atoms with E-state index in [1.807, 2.05) is 12.1 Å². The van der Waals surface area contributed by atoms with Gasteiger partial charge in [0.1, 0.15) is 5.82 Å². The number of halogens is 1. The van der Waals surface area contributed by atoms with Gasteiger partial charge in [-0.15, -0.1) is 0 Å². The van der Waals surface area contributed by atoms with Crippen molar-refractivity contribution in [3.63, 3.8) is 0 Å². The Labute approximate surface area is 115 Å². The maximum Gasteiger partial charge on any atom is 0.258 e. The Morgan fingerprint density at radius 3 is 2.70 bits per heavy atom. The summed E-state index contributed by atoms with van der Waals surface area (Å²) in [5.74, 6) is 0.545. The highest BCUT2D eigenvalue weighted by Crippen LogP contribution is 2.24. The topological polar surface area (TPSA) is 64.9 Å². The maximum absolute atomic E-state index is 13.2. The fraction of sp³-hybridized carbons (Fsp3) is 0.0667. The summed E-state index contributed by atoms with van der Waals surface area (Å²) in [5, 5.41) is 3.92. The summed E-state index contributed by atoms with van der Waals surface area (Å²) >= 11 is 0. The Morgan fingerprint density at radius 1 is 1.10 bits per heavy atom. The van der Waals surface area contributed by atoms with Gasteiger partial charge in [0.15, 0.2) is 0 Å². The highest BCUT2D eigenvalue weighted by molar-refractivity contribution is 5.63. The van der Waals surface area contributed by atoms with Crippen LogP contribution in [0.2, 0.25) is 0 Å². The van der Waals surface area contributed by atoms with E-state index in [2.05, 4.69) is 10.1 Å². The molecule has 5 heteroatoms. The quantitative estimate of drug-likeness (QED) is 0.724. The minimum absolute atomic E-state index is 0.260. The molecule has 3 aromatic rings. The van der Waals surface area contributed by atoms with E-state index in [9.17, 15) is 4.39 Å². The number of rotatable bonds is 2. The zero-order chi connectivity index (χ0) is 14.1. The maximum atomic E-state index is 13.2. The molecule has 0 aliphatic carbocycles. The summed E-state index contributed by atoms with van der Waals surface area (Å²) in [7, 11) is 0. The molecular formula is C15H12FN3O. The van der Waals surface area contributed by atoms with E-state index in [0.717, 1.165) is 5.56 Å². The van der Waals surface area contributed by atoms with Gasteiger partial charge in [0.25, 0.3) is 5.89 Å². The van der Waals surface area contributed by atoms with Gasteiger partial charge in [-0.2, -0.15) is 4.98 Å². The van der Waals surface area contributed by atoms with Crippen LogP contribution in [0.5, 0.6) is 0 Å².